The molecule has 2 unspecified atom stereocenters. The van der Waals surface area contributed by atoms with Gasteiger partial charge >= 0.3 is 0 Å². The van der Waals surface area contributed by atoms with Crippen molar-refractivity contribution in [3.63, 3.8) is 0 Å². The minimum Gasteiger partial charge on any atom is -0.398 e. The standard InChI is InChI=1S/C14H19N5O/c1-9-4-3-5-12(13(9)15)14-16-17-18-19(14)10-6-7-11(8-10)20-2/h3-5,10-11H,6-8,15H2,1-2H3. The van der Waals surface area contributed by atoms with Crippen molar-refractivity contribution in [3.8, 4) is 11.4 Å². The molecule has 1 heterocycles. The quantitative estimate of drug-likeness (QED) is 0.865. The van der Waals surface area contributed by atoms with Crippen LogP contribution in [0, 0.1) is 6.92 Å². The third-order valence-corrected chi connectivity index (χ3v) is 4.09. The number of ether oxygens (including phenoxy) is 1. The number of nitrogens with zero attached hydrogens (tertiary/aromatic N) is 4. The summed E-state index contributed by atoms with van der Waals surface area (Å²) in [5.74, 6) is 0.743. The fraction of sp³-hybridized carbons (Fsp3) is 0.500. The maximum absolute atomic E-state index is 6.16. The van der Waals surface area contributed by atoms with E-state index >= 15 is 0 Å². The van der Waals surface area contributed by atoms with Crippen LogP contribution >= 0.6 is 0 Å². The molecule has 6 nitrogen and oxygen atoms in total. The molecule has 1 aromatic heterocycles. The van der Waals surface area contributed by atoms with Crippen molar-refractivity contribution < 1.29 is 4.74 Å². The second-order valence-corrected chi connectivity index (χ2v) is 5.31. The molecule has 106 valence electrons. The second kappa shape index (κ2) is 5.20. The molecule has 20 heavy (non-hydrogen) atoms. The minimum absolute atomic E-state index is 0.282. The Balaban J connectivity index is 1.96. The molecular weight excluding hydrogens is 254 g/mol. The highest BCUT2D eigenvalue weighted by molar-refractivity contribution is 5.74. The summed E-state index contributed by atoms with van der Waals surface area (Å²) >= 11 is 0. The van der Waals surface area contributed by atoms with Gasteiger partial charge in [0.15, 0.2) is 5.82 Å². The third kappa shape index (κ3) is 2.16. The van der Waals surface area contributed by atoms with Gasteiger partial charge in [0.1, 0.15) is 0 Å². The lowest BCUT2D eigenvalue weighted by Crippen LogP contribution is -2.12. The molecular formula is C14H19N5O. The van der Waals surface area contributed by atoms with Crippen LogP contribution in [-0.4, -0.2) is 33.4 Å². The van der Waals surface area contributed by atoms with Gasteiger partial charge in [-0.2, -0.15) is 0 Å². The number of nitrogen functional groups attached to an aromatic ring is 1. The first-order valence-electron chi connectivity index (χ1n) is 6.87. The zero-order chi connectivity index (χ0) is 14.1. The Kier molecular flexibility index (Phi) is 3.40. The molecule has 3 rings (SSSR count). The predicted octanol–water partition coefficient (Wildman–Crippen LogP) is 1.97. The van der Waals surface area contributed by atoms with Crippen LogP contribution in [0.2, 0.25) is 0 Å². The summed E-state index contributed by atoms with van der Waals surface area (Å²) < 4.78 is 7.31. The van der Waals surface area contributed by atoms with Gasteiger partial charge in [0.2, 0.25) is 0 Å². The molecule has 1 saturated carbocycles. The number of hydrogen-bond donors (Lipinski definition) is 1. The summed E-state index contributed by atoms with van der Waals surface area (Å²) in [5, 5.41) is 12.2. The predicted molar refractivity (Wildman–Crippen MR) is 76.1 cm³/mol. The van der Waals surface area contributed by atoms with Gasteiger partial charge in [-0.15, -0.1) is 5.10 Å². The van der Waals surface area contributed by atoms with Crippen molar-refractivity contribution in [2.24, 2.45) is 0 Å². The zero-order valence-corrected chi connectivity index (χ0v) is 11.8. The molecule has 2 atom stereocenters. The van der Waals surface area contributed by atoms with Crippen LogP contribution in [0.3, 0.4) is 0 Å². The number of methoxy groups -OCH3 is 1. The third-order valence-electron chi connectivity index (χ3n) is 4.09. The highest BCUT2D eigenvalue weighted by Gasteiger charge is 2.29. The fourth-order valence-electron chi connectivity index (χ4n) is 2.85. The highest BCUT2D eigenvalue weighted by atomic mass is 16.5. The molecule has 1 aliphatic carbocycles. The van der Waals surface area contributed by atoms with Gasteiger partial charge in [-0.25, -0.2) is 4.68 Å². The van der Waals surface area contributed by atoms with Gasteiger partial charge in [-0.3, -0.25) is 0 Å². The van der Waals surface area contributed by atoms with Crippen LogP contribution in [0.5, 0.6) is 0 Å². The number of hydrogen-bond acceptors (Lipinski definition) is 5. The Morgan fingerprint density at radius 3 is 2.95 bits per heavy atom. The van der Waals surface area contributed by atoms with Crippen LogP contribution < -0.4 is 5.73 Å². The average Bonchev–Trinajstić information content (AvgIpc) is 3.09. The van der Waals surface area contributed by atoms with Crippen molar-refractivity contribution in [1.29, 1.82) is 0 Å². The lowest BCUT2D eigenvalue weighted by molar-refractivity contribution is 0.105. The molecule has 0 amide bonds. The SMILES string of the molecule is COC1CCC(n2nnnc2-c2cccc(C)c2N)C1. The Morgan fingerprint density at radius 2 is 2.20 bits per heavy atom. The number of para-hydroxylation sites is 1. The zero-order valence-electron chi connectivity index (χ0n) is 11.8. The Hall–Kier alpha value is -1.95. The molecule has 0 spiro atoms. The van der Waals surface area contributed by atoms with Crippen molar-refractivity contribution in [2.45, 2.75) is 38.3 Å². The van der Waals surface area contributed by atoms with Gasteiger partial charge in [0.05, 0.1) is 12.1 Å². The van der Waals surface area contributed by atoms with Crippen molar-refractivity contribution in [3.05, 3.63) is 23.8 Å². The Labute approximate surface area is 117 Å². The summed E-state index contributed by atoms with van der Waals surface area (Å²) in [7, 11) is 1.76. The van der Waals surface area contributed by atoms with E-state index in [1.807, 2.05) is 29.8 Å². The molecule has 1 aliphatic rings. The Morgan fingerprint density at radius 1 is 1.35 bits per heavy atom. The van der Waals surface area contributed by atoms with Gasteiger partial charge < -0.3 is 10.5 Å². The summed E-state index contributed by atoms with van der Waals surface area (Å²) in [5.41, 5.74) is 8.84. The number of tetrazole rings is 1. The van der Waals surface area contributed by atoms with Gasteiger partial charge in [-0.05, 0) is 48.2 Å². The van der Waals surface area contributed by atoms with Gasteiger partial charge in [0.25, 0.3) is 0 Å². The average molecular weight is 273 g/mol. The van der Waals surface area contributed by atoms with Gasteiger partial charge in [0, 0.05) is 18.4 Å². The van der Waals surface area contributed by atoms with E-state index in [0.29, 0.717) is 6.10 Å². The van der Waals surface area contributed by atoms with E-state index in [4.69, 9.17) is 10.5 Å². The van der Waals surface area contributed by atoms with E-state index in [9.17, 15) is 0 Å². The minimum atomic E-state index is 0.282. The van der Waals surface area contributed by atoms with Crippen molar-refractivity contribution in [2.75, 3.05) is 12.8 Å². The lowest BCUT2D eigenvalue weighted by Gasteiger charge is -2.14. The van der Waals surface area contributed by atoms with Crippen LogP contribution in [0.15, 0.2) is 18.2 Å². The van der Waals surface area contributed by atoms with E-state index in [1.54, 1.807) is 7.11 Å². The van der Waals surface area contributed by atoms with E-state index in [-0.39, 0.29) is 6.04 Å². The van der Waals surface area contributed by atoms with Crippen LogP contribution in [-0.2, 0) is 4.74 Å². The summed E-state index contributed by atoms with van der Waals surface area (Å²) in [6, 6.07) is 6.22. The number of benzene rings is 1. The number of rotatable bonds is 3. The summed E-state index contributed by atoms with van der Waals surface area (Å²) in [6.45, 7) is 1.99. The maximum atomic E-state index is 6.16. The van der Waals surface area contributed by atoms with Crippen molar-refractivity contribution in [1.82, 2.24) is 20.2 Å². The number of aryl methyl sites for hydroxylation is 1. The summed E-state index contributed by atoms with van der Waals surface area (Å²) in [6.07, 6.45) is 3.32. The first-order chi connectivity index (χ1) is 9.70. The molecule has 1 fully saturated rings. The van der Waals surface area contributed by atoms with Crippen LogP contribution in [0.25, 0.3) is 11.4 Å². The van der Waals surface area contributed by atoms with E-state index in [0.717, 1.165) is 41.9 Å². The van der Waals surface area contributed by atoms with E-state index in [1.165, 1.54) is 0 Å². The molecule has 0 aliphatic heterocycles. The number of anilines is 1. The molecule has 0 radical (unpaired) electrons. The topological polar surface area (TPSA) is 78.8 Å². The fourth-order valence-corrected chi connectivity index (χ4v) is 2.85. The molecule has 1 aromatic carbocycles. The lowest BCUT2D eigenvalue weighted by atomic mass is 10.1. The van der Waals surface area contributed by atoms with E-state index in [2.05, 4.69) is 15.5 Å². The molecule has 2 N–H and O–H groups in total. The number of nitrogens with two attached hydrogens (primary N) is 1. The highest BCUT2D eigenvalue weighted by Crippen LogP contribution is 2.35. The molecule has 0 bridgehead atoms. The normalized spacial score (nSPS) is 22.3. The van der Waals surface area contributed by atoms with Crippen LogP contribution in [0.1, 0.15) is 30.9 Å². The number of aromatic nitrogens is 4. The Bertz CT molecular complexity index is 609. The first-order valence-corrected chi connectivity index (χ1v) is 6.87. The molecule has 2 aromatic rings. The first kappa shape index (κ1) is 13.1. The molecule has 6 heteroatoms. The van der Waals surface area contributed by atoms with Gasteiger partial charge in [-0.1, -0.05) is 12.1 Å². The molecule has 0 saturated heterocycles. The monoisotopic (exact) mass is 273 g/mol. The summed E-state index contributed by atoms with van der Waals surface area (Å²) in [4.78, 5) is 0. The smallest absolute Gasteiger partial charge is 0.184 e. The van der Waals surface area contributed by atoms with Crippen molar-refractivity contribution >= 4 is 5.69 Å². The van der Waals surface area contributed by atoms with Crippen LogP contribution in [0.4, 0.5) is 5.69 Å². The largest absolute Gasteiger partial charge is 0.398 e. The second-order valence-electron chi connectivity index (χ2n) is 5.31. The van der Waals surface area contributed by atoms with E-state index < -0.39 is 0 Å². The maximum Gasteiger partial charge on any atom is 0.184 e.